The lowest BCUT2D eigenvalue weighted by atomic mass is 9.92. The number of primary sulfonamides is 1. The Morgan fingerprint density at radius 2 is 1.95 bits per heavy atom. The van der Waals surface area contributed by atoms with Gasteiger partial charge in [-0.15, -0.1) is 0 Å². The second kappa shape index (κ2) is 5.80. The van der Waals surface area contributed by atoms with E-state index in [4.69, 9.17) is 10.2 Å². The SMILES string of the molecule is CC(C)(C)CCNc1ccc(C(=O)O)cc1S(N)(=O)=O. The minimum Gasteiger partial charge on any atom is -0.478 e. The summed E-state index contributed by atoms with van der Waals surface area (Å²) < 4.78 is 23.1. The van der Waals surface area contributed by atoms with Gasteiger partial charge in [-0.25, -0.2) is 18.4 Å². The molecule has 0 aliphatic rings. The molecule has 112 valence electrons. The lowest BCUT2D eigenvalue weighted by Crippen LogP contribution is -2.18. The fourth-order valence-electron chi connectivity index (χ4n) is 1.61. The third-order valence-corrected chi connectivity index (χ3v) is 3.68. The van der Waals surface area contributed by atoms with Crippen LogP contribution in [-0.4, -0.2) is 26.0 Å². The van der Waals surface area contributed by atoms with Crippen LogP contribution in [0.25, 0.3) is 0 Å². The van der Waals surface area contributed by atoms with Gasteiger partial charge in [-0.05, 0) is 30.0 Å². The number of hydrogen-bond donors (Lipinski definition) is 3. The van der Waals surface area contributed by atoms with Crippen LogP contribution in [0.2, 0.25) is 0 Å². The van der Waals surface area contributed by atoms with Crippen molar-refractivity contribution in [2.24, 2.45) is 10.6 Å². The van der Waals surface area contributed by atoms with E-state index in [2.05, 4.69) is 26.1 Å². The molecule has 4 N–H and O–H groups in total. The second-order valence-corrected chi connectivity index (χ2v) is 7.33. The van der Waals surface area contributed by atoms with Crippen LogP contribution in [0.1, 0.15) is 37.6 Å². The average Bonchev–Trinajstić information content (AvgIpc) is 2.25. The molecule has 1 aromatic carbocycles. The highest BCUT2D eigenvalue weighted by atomic mass is 32.2. The van der Waals surface area contributed by atoms with E-state index in [0.29, 0.717) is 12.2 Å². The van der Waals surface area contributed by atoms with Gasteiger partial charge in [-0.3, -0.25) is 0 Å². The Morgan fingerprint density at radius 1 is 1.35 bits per heavy atom. The molecular formula is C13H20N2O4S. The monoisotopic (exact) mass is 300 g/mol. The number of hydrogen-bond acceptors (Lipinski definition) is 4. The number of carbonyl (C=O) groups is 1. The number of nitrogens with two attached hydrogens (primary N) is 1. The van der Waals surface area contributed by atoms with Crippen LogP contribution in [0.5, 0.6) is 0 Å². The van der Waals surface area contributed by atoms with Gasteiger partial charge in [0.1, 0.15) is 4.90 Å². The fourth-order valence-corrected chi connectivity index (χ4v) is 2.35. The molecule has 0 bridgehead atoms. The van der Waals surface area contributed by atoms with Gasteiger partial charge in [0, 0.05) is 6.54 Å². The Morgan fingerprint density at radius 3 is 2.40 bits per heavy atom. The molecule has 1 aromatic rings. The first-order valence-electron chi connectivity index (χ1n) is 6.15. The minimum atomic E-state index is -3.98. The van der Waals surface area contributed by atoms with Gasteiger partial charge in [0.05, 0.1) is 11.3 Å². The lowest BCUT2D eigenvalue weighted by Gasteiger charge is -2.19. The van der Waals surface area contributed by atoms with Gasteiger partial charge in [0.2, 0.25) is 10.0 Å². The molecule has 0 amide bonds. The minimum absolute atomic E-state index is 0.107. The van der Waals surface area contributed by atoms with Gasteiger partial charge < -0.3 is 10.4 Å². The van der Waals surface area contributed by atoms with Gasteiger partial charge in [-0.2, -0.15) is 0 Å². The maximum absolute atomic E-state index is 11.5. The summed E-state index contributed by atoms with van der Waals surface area (Å²) >= 11 is 0. The molecule has 0 aliphatic heterocycles. The summed E-state index contributed by atoms with van der Waals surface area (Å²) in [5.41, 5.74) is 0.313. The average molecular weight is 300 g/mol. The third-order valence-electron chi connectivity index (χ3n) is 2.73. The van der Waals surface area contributed by atoms with Crippen molar-refractivity contribution in [1.82, 2.24) is 0 Å². The summed E-state index contributed by atoms with van der Waals surface area (Å²) in [6.45, 7) is 6.78. The van der Waals surface area contributed by atoms with Crippen LogP contribution in [0.3, 0.4) is 0 Å². The van der Waals surface area contributed by atoms with Crippen molar-refractivity contribution in [2.75, 3.05) is 11.9 Å². The van der Waals surface area contributed by atoms with E-state index in [1.807, 2.05) is 0 Å². The number of sulfonamides is 1. The Hall–Kier alpha value is -1.60. The van der Waals surface area contributed by atoms with Crippen molar-refractivity contribution < 1.29 is 18.3 Å². The number of carboxylic acid groups (broad SMARTS) is 1. The van der Waals surface area contributed by atoms with Crippen molar-refractivity contribution in [3.8, 4) is 0 Å². The Balaban J connectivity index is 3.04. The first kappa shape index (κ1) is 16.5. The largest absolute Gasteiger partial charge is 0.478 e. The topological polar surface area (TPSA) is 109 Å². The summed E-state index contributed by atoms with van der Waals surface area (Å²) in [7, 11) is -3.98. The molecule has 0 unspecified atom stereocenters. The van der Waals surface area contributed by atoms with Gasteiger partial charge in [0.15, 0.2) is 0 Å². The quantitative estimate of drug-likeness (QED) is 0.769. The zero-order valence-corrected chi connectivity index (χ0v) is 12.6. The number of aromatic carboxylic acids is 1. The van der Waals surface area contributed by atoms with E-state index in [9.17, 15) is 13.2 Å². The molecule has 20 heavy (non-hydrogen) atoms. The summed E-state index contributed by atoms with van der Waals surface area (Å²) in [6.07, 6.45) is 0.831. The summed E-state index contributed by atoms with van der Waals surface area (Å²) in [5.74, 6) is -1.20. The molecule has 1 rings (SSSR count). The normalized spacial score (nSPS) is 12.2. The van der Waals surface area contributed by atoms with Crippen molar-refractivity contribution in [1.29, 1.82) is 0 Å². The number of benzene rings is 1. The highest BCUT2D eigenvalue weighted by Gasteiger charge is 2.17. The predicted molar refractivity (Wildman–Crippen MR) is 77.3 cm³/mol. The number of anilines is 1. The van der Waals surface area contributed by atoms with Crippen molar-refractivity contribution in [3.05, 3.63) is 23.8 Å². The number of rotatable bonds is 5. The van der Waals surface area contributed by atoms with E-state index in [0.717, 1.165) is 12.5 Å². The molecule has 0 radical (unpaired) electrons. The van der Waals surface area contributed by atoms with Crippen LogP contribution in [-0.2, 0) is 10.0 Å². The molecule has 6 nitrogen and oxygen atoms in total. The van der Waals surface area contributed by atoms with Crippen LogP contribution in [0.4, 0.5) is 5.69 Å². The maximum Gasteiger partial charge on any atom is 0.335 e. The predicted octanol–water partition coefficient (Wildman–Crippen LogP) is 1.88. The molecule has 0 saturated carbocycles. The van der Waals surface area contributed by atoms with Crippen LogP contribution < -0.4 is 10.5 Å². The molecular weight excluding hydrogens is 280 g/mol. The van der Waals surface area contributed by atoms with E-state index in [-0.39, 0.29) is 15.9 Å². The van der Waals surface area contributed by atoms with Crippen LogP contribution >= 0.6 is 0 Å². The fraction of sp³-hybridized carbons (Fsp3) is 0.462. The molecule has 0 heterocycles. The Bertz CT molecular complexity index is 603. The van der Waals surface area contributed by atoms with Crippen LogP contribution in [0.15, 0.2) is 23.1 Å². The van der Waals surface area contributed by atoms with Gasteiger partial charge in [-0.1, -0.05) is 20.8 Å². The zero-order valence-electron chi connectivity index (χ0n) is 11.8. The Labute approximate surface area is 119 Å². The van der Waals surface area contributed by atoms with E-state index in [1.165, 1.54) is 12.1 Å². The molecule has 0 aliphatic carbocycles. The summed E-state index contributed by atoms with van der Waals surface area (Å²) in [4.78, 5) is 10.7. The number of carboxylic acids is 1. The van der Waals surface area contributed by atoms with Crippen molar-refractivity contribution in [3.63, 3.8) is 0 Å². The molecule has 0 fully saturated rings. The van der Waals surface area contributed by atoms with Crippen molar-refractivity contribution >= 4 is 21.7 Å². The molecule has 0 aromatic heterocycles. The van der Waals surface area contributed by atoms with E-state index >= 15 is 0 Å². The number of nitrogens with one attached hydrogen (secondary N) is 1. The third kappa shape index (κ3) is 4.82. The first-order chi connectivity index (χ1) is 9.00. The van der Waals surface area contributed by atoms with E-state index in [1.54, 1.807) is 0 Å². The van der Waals surface area contributed by atoms with Crippen molar-refractivity contribution in [2.45, 2.75) is 32.1 Å². The Kier molecular flexibility index (Phi) is 4.77. The molecule has 7 heteroatoms. The highest BCUT2D eigenvalue weighted by molar-refractivity contribution is 7.89. The second-order valence-electron chi connectivity index (χ2n) is 5.80. The first-order valence-corrected chi connectivity index (χ1v) is 7.69. The molecule has 0 saturated heterocycles. The lowest BCUT2D eigenvalue weighted by molar-refractivity contribution is 0.0696. The van der Waals surface area contributed by atoms with Gasteiger partial charge in [0.25, 0.3) is 0 Å². The molecule has 0 spiro atoms. The summed E-state index contributed by atoms with van der Waals surface area (Å²) in [5, 5.41) is 17.0. The van der Waals surface area contributed by atoms with Crippen LogP contribution in [0, 0.1) is 5.41 Å². The van der Waals surface area contributed by atoms with Gasteiger partial charge >= 0.3 is 5.97 Å². The smallest absolute Gasteiger partial charge is 0.335 e. The zero-order chi connectivity index (χ0) is 15.6. The van der Waals surface area contributed by atoms with E-state index < -0.39 is 16.0 Å². The molecule has 0 atom stereocenters. The summed E-state index contributed by atoms with van der Waals surface area (Å²) in [6, 6.07) is 3.83. The standard InChI is InChI=1S/C13H20N2O4S/c1-13(2,3)6-7-15-10-5-4-9(12(16)17)8-11(10)20(14,18)19/h4-5,8,15H,6-7H2,1-3H3,(H,16,17)(H2,14,18,19). The highest BCUT2D eigenvalue weighted by Crippen LogP contribution is 2.23. The maximum atomic E-state index is 11.5.